The third-order valence-corrected chi connectivity index (χ3v) is 3.94. The molecule has 0 atom stereocenters. The molecule has 0 saturated heterocycles. The number of nitro benzene ring substituents is 1. The summed E-state index contributed by atoms with van der Waals surface area (Å²) in [6.07, 6.45) is 0. The Balaban J connectivity index is 2.44. The summed E-state index contributed by atoms with van der Waals surface area (Å²) in [5, 5.41) is 22.2. The van der Waals surface area contributed by atoms with Crippen LogP contribution >= 0.6 is 0 Å². The van der Waals surface area contributed by atoms with E-state index in [1.807, 2.05) is 4.72 Å². The molecule has 0 aromatic heterocycles. The summed E-state index contributed by atoms with van der Waals surface area (Å²) < 4.78 is 39.3. The van der Waals surface area contributed by atoms with Crippen LogP contribution in [0.25, 0.3) is 0 Å². The standard InChI is InChI=1S/C12H9FN2O5S/c13-9-3-1-2-4-12(9)21(19,20)14-10-7-8(15(17)18)5-6-11(10)16/h1-7,14,16H/p-1. The number of sulfonamides is 1. The van der Waals surface area contributed by atoms with Gasteiger partial charge in [-0.2, -0.15) is 0 Å². The van der Waals surface area contributed by atoms with Crippen LogP contribution in [0.5, 0.6) is 5.75 Å². The van der Waals surface area contributed by atoms with Gasteiger partial charge in [0.05, 0.1) is 4.92 Å². The molecule has 2 rings (SSSR count). The molecule has 2 aromatic rings. The first-order valence-electron chi connectivity index (χ1n) is 5.54. The molecule has 9 heteroatoms. The number of hydrogen-bond acceptors (Lipinski definition) is 5. The zero-order chi connectivity index (χ0) is 15.6. The monoisotopic (exact) mass is 311 g/mol. The van der Waals surface area contributed by atoms with Crippen LogP contribution in [-0.4, -0.2) is 13.3 Å². The van der Waals surface area contributed by atoms with Crippen LogP contribution < -0.4 is 9.83 Å². The maximum absolute atomic E-state index is 13.5. The first-order valence-corrected chi connectivity index (χ1v) is 7.02. The maximum Gasteiger partial charge on any atom is 0.271 e. The van der Waals surface area contributed by atoms with Crippen molar-refractivity contribution in [1.82, 2.24) is 0 Å². The fraction of sp³-hybridized carbons (Fsp3) is 0. The SMILES string of the molecule is O=[N+]([O-])c1ccc([O-])c(NS(=O)(=O)c2ccccc2F)c1. The summed E-state index contributed by atoms with van der Waals surface area (Å²) in [7, 11) is -4.36. The lowest BCUT2D eigenvalue weighted by atomic mass is 10.2. The van der Waals surface area contributed by atoms with Crippen LogP contribution in [0.3, 0.4) is 0 Å². The number of nitro groups is 1. The molecule has 0 fully saturated rings. The predicted molar refractivity (Wildman–Crippen MR) is 69.8 cm³/mol. The van der Waals surface area contributed by atoms with Crippen molar-refractivity contribution in [1.29, 1.82) is 0 Å². The van der Waals surface area contributed by atoms with Gasteiger partial charge >= 0.3 is 0 Å². The van der Waals surface area contributed by atoms with Crippen molar-refractivity contribution in [2.24, 2.45) is 0 Å². The molecule has 0 aliphatic carbocycles. The topological polar surface area (TPSA) is 112 Å². The van der Waals surface area contributed by atoms with Gasteiger partial charge in [-0.25, -0.2) is 12.8 Å². The number of benzene rings is 2. The third kappa shape index (κ3) is 3.08. The molecule has 0 aliphatic rings. The summed E-state index contributed by atoms with van der Waals surface area (Å²) in [5.74, 6) is -1.76. The molecule has 0 unspecified atom stereocenters. The molecule has 1 N–H and O–H groups in total. The van der Waals surface area contributed by atoms with Gasteiger partial charge in [-0.05, 0) is 12.1 Å². The molecule has 0 spiro atoms. The van der Waals surface area contributed by atoms with Gasteiger partial charge in [0.15, 0.2) is 0 Å². The number of halogens is 1. The summed E-state index contributed by atoms with van der Waals surface area (Å²) in [6.45, 7) is 0. The highest BCUT2D eigenvalue weighted by Gasteiger charge is 2.19. The Labute approximate surface area is 118 Å². The van der Waals surface area contributed by atoms with Crippen molar-refractivity contribution in [3.63, 3.8) is 0 Å². The van der Waals surface area contributed by atoms with E-state index in [2.05, 4.69) is 0 Å². The number of non-ortho nitro benzene ring substituents is 1. The van der Waals surface area contributed by atoms with Gasteiger partial charge in [0.2, 0.25) is 0 Å². The Morgan fingerprint density at radius 2 is 1.81 bits per heavy atom. The van der Waals surface area contributed by atoms with Crippen molar-refractivity contribution in [3.05, 3.63) is 58.4 Å². The Hall–Kier alpha value is -2.68. The molecule has 21 heavy (non-hydrogen) atoms. The quantitative estimate of drug-likeness (QED) is 0.681. The molecule has 0 bridgehead atoms. The van der Waals surface area contributed by atoms with Crippen molar-refractivity contribution in [2.45, 2.75) is 4.90 Å². The molecule has 0 radical (unpaired) electrons. The first-order chi connectivity index (χ1) is 9.81. The molecule has 0 saturated carbocycles. The first kappa shape index (κ1) is 14.7. The van der Waals surface area contributed by atoms with Crippen molar-refractivity contribution < 1.29 is 22.8 Å². The van der Waals surface area contributed by atoms with E-state index >= 15 is 0 Å². The van der Waals surface area contributed by atoms with Crippen LogP contribution in [-0.2, 0) is 10.0 Å². The largest absolute Gasteiger partial charge is 0.871 e. The average Bonchev–Trinajstić information content (AvgIpc) is 2.41. The second kappa shape index (κ2) is 5.37. The zero-order valence-electron chi connectivity index (χ0n) is 10.3. The highest BCUT2D eigenvalue weighted by molar-refractivity contribution is 7.92. The van der Waals surface area contributed by atoms with Crippen LogP contribution in [0.15, 0.2) is 47.4 Å². The Kier molecular flexibility index (Phi) is 3.76. The lowest BCUT2D eigenvalue weighted by molar-refractivity contribution is -0.385. The normalized spacial score (nSPS) is 11.1. The molecule has 0 aliphatic heterocycles. The summed E-state index contributed by atoms with van der Waals surface area (Å²) >= 11 is 0. The molecule has 7 nitrogen and oxygen atoms in total. The van der Waals surface area contributed by atoms with Gasteiger partial charge in [-0.15, -0.1) is 0 Å². The Morgan fingerprint density at radius 3 is 2.43 bits per heavy atom. The van der Waals surface area contributed by atoms with Crippen molar-refractivity contribution in [2.75, 3.05) is 4.72 Å². The van der Waals surface area contributed by atoms with Crippen LogP contribution in [0.1, 0.15) is 0 Å². The van der Waals surface area contributed by atoms with Crippen molar-refractivity contribution in [3.8, 4) is 5.75 Å². The fourth-order valence-electron chi connectivity index (χ4n) is 1.57. The minimum Gasteiger partial charge on any atom is -0.871 e. The lowest BCUT2D eigenvalue weighted by Gasteiger charge is -2.15. The predicted octanol–water partition coefficient (Wildman–Crippen LogP) is 1.61. The molecular weight excluding hydrogens is 303 g/mol. The summed E-state index contributed by atoms with van der Waals surface area (Å²) in [4.78, 5) is 9.19. The van der Waals surface area contributed by atoms with E-state index in [0.717, 1.165) is 30.3 Å². The number of nitrogens with one attached hydrogen (secondary N) is 1. The van der Waals surface area contributed by atoms with Gasteiger partial charge in [0, 0.05) is 17.8 Å². The Morgan fingerprint density at radius 1 is 1.14 bits per heavy atom. The number of rotatable bonds is 4. The van der Waals surface area contributed by atoms with Gasteiger partial charge < -0.3 is 5.11 Å². The smallest absolute Gasteiger partial charge is 0.271 e. The maximum atomic E-state index is 13.5. The minimum absolute atomic E-state index is 0.458. The van der Waals surface area contributed by atoms with Gasteiger partial charge in [-0.3, -0.25) is 14.8 Å². The van der Waals surface area contributed by atoms with E-state index in [9.17, 15) is 28.0 Å². The third-order valence-electron chi connectivity index (χ3n) is 2.54. The average molecular weight is 311 g/mol. The molecule has 110 valence electrons. The van der Waals surface area contributed by atoms with Crippen LogP contribution in [0.2, 0.25) is 0 Å². The molecule has 0 heterocycles. The van der Waals surface area contributed by atoms with Crippen molar-refractivity contribution >= 4 is 21.4 Å². The summed E-state index contributed by atoms with van der Waals surface area (Å²) in [5.41, 5.74) is -0.978. The number of nitrogens with zero attached hydrogens (tertiary/aromatic N) is 1. The van der Waals surface area contributed by atoms with E-state index in [4.69, 9.17) is 0 Å². The number of anilines is 1. The second-order valence-corrected chi connectivity index (χ2v) is 5.62. The minimum atomic E-state index is -4.36. The zero-order valence-corrected chi connectivity index (χ0v) is 11.1. The van der Waals surface area contributed by atoms with Gasteiger partial charge in [0.1, 0.15) is 10.7 Å². The summed E-state index contributed by atoms with van der Waals surface area (Å²) in [6, 6.07) is 7.16. The van der Waals surface area contributed by atoms with Crippen LogP contribution in [0.4, 0.5) is 15.8 Å². The van der Waals surface area contributed by atoms with E-state index in [1.165, 1.54) is 12.1 Å². The molecule has 0 amide bonds. The Bertz CT molecular complexity index is 807. The highest BCUT2D eigenvalue weighted by atomic mass is 32.2. The van der Waals surface area contributed by atoms with Gasteiger partial charge in [-0.1, -0.05) is 23.9 Å². The van der Waals surface area contributed by atoms with E-state index in [0.29, 0.717) is 0 Å². The molecular formula is C12H8FN2O5S-. The van der Waals surface area contributed by atoms with E-state index in [1.54, 1.807) is 0 Å². The van der Waals surface area contributed by atoms with E-state index in [-0.39, 0.29) is 0 Å². The highest BCUT2D eigenvalue weighted by Crippen LogP contribution is 2.28. The second-order valence-electron chi connectivity index (χ2n) is 3.97. The van der Waals surface area contributed by atoms with Gasteiger partial charge in [0.25, 0.3) is 15.7 Å². The lowest BCUT2D eigenvalue weighted by Crippen LogP contribution is -2.16. The molecule has 2 aromatic carbocycles. The van der Waals surface area contributed by atoms with Crippen LogP contribution in [0, 0.1) is 15.9 Å². The fourth-order valence-corrected chi connectivity index (χ4v) is 2.72. The van der Waals surface area contributed by atoms with E-state index < -0.39 is 42.8 Å². The number of hydrogen-bond donors (Lipinski definition) is 1.